The largest absolute Gasteiger partial charge is 0.383 e. The van der Waals surface area contributed by atoms with E-state index in [-0.39, 0.29) is 12.1 Å². The number of ether oxygens (including phenoxy) is 1. The van der Waals surface area contributed by atoms with Gasteiger partial charge in [0.25, 0.3) is 0 Å². The molecule has 2 atom stereocenters. The fourth-order valence-corrected chi connectivity index (χ4v) is 5.26. The Morgan fingerprint density at radius 3 is 2.62 bits per heavy atom. The minimum Gasteiger partial charge on any atom is -0.383 e. The molecule has 0 amide bonds. The van der Waals surface area contributed by atoms with Crippen molar-refractivity contribution in [2.24, 2.45) is 0 Å². The highest BCUT2D eigenvalue weighted by Gasteiger charge is 2.41. The van der Waals surface area contributed by atoms with Crippen LogP contribution in [-0.4, -0.2) is 39.8 Å². The molecule has 168 valence electrons. The number of nitrogens with zero attached hydrogens (tertiary/aromatic N) is 3. The Balaban J connectivity index is 1.86. The molecule has 0 bridgehead atoms. The van der Waals surface area contributed by atoms with Gasteiger partial charge in [0.1, 0.15) is 0 Å². The van der Waals surface area contributed by atoms with Crippen LogP contribution in [0.2, 0.25) is 0 Å². The molecule has 1 aliphatic rings. The van der Waals surface area contributed by atoms with Gasteiger partial charge in [-0.2, -0.15) is 0 Å². The van der Waals surface area contributed by atoms with Crippen LogP contribution in [0.25, 0.3) is 5.69 Å². The van der Waals surface area contributed by atoms with E-state index >= 15 is 0 Å². The Morgan fingerprint density at radius 2 is 1.94 bits per heavy atom. The van der Waals surface area contributed by atoms with Crippen molar-refractivity contribution in [1.82, 2.24) is 19.8 Å². The SMILES string of the molecule is CCc1cccc(C)c1-n1c(C)cc([C@@H]2[C@@H](c3ccccn3)NC(=S)N2CCOC)c1C. The van der Waals surface area contributed by atoms with Crippen LogP contribution in [0.4, 0.5) is 0 Å². The average molecular weight is 449 g/mol. The van der Waals surface area contributed by atoms with E-state index in [4.69, 9.17) is 17.0 Å². The van der Waals surface area contributed by atoms with Gasteiger partial charge in [-0.25, -0.2) is 0 Å². The topological polar surface area (TPSA) is 42.3 Å². The molecule has 1 N–H and O–H groups in total. The molecule has 5 nitrogen and oxygen atoms in total. The second kappa shape index (κ2) is 9.43. The first-order chi connectivity index (χ1) is 15.5. The van der Waals surface area contributed by atoms with E-state index in [1.807, 2.05) is 18.3 Å². The van der Waals surface area contributed by atoms with Gasteiger partial charge in [-0.05, 0) is 74.3 Å². The number of rotatable bonds is 7. The number of aromatic nitrogens is 2. The molecule has 0 unspecified atom stereocenters. The lowest BCUT2D eigenvalue weighted by Gasteiger charge is -2.28. The van der Waals surface area contributed by atoms with Crippen molar-refractivity contribution in [3.8, 4) is 5.69 Å². The van der Waals surface area contributed by atoms with Crippen LogP contribution in [0.5, 0.6) is 0 Å². The molecule has 1 saturated heterocycles. The van der Waals surface area contributed by atoms with E-state index in [9.17, 15) is 0 Å². The molecule has 32 heavy (non-hydrogen) atoms. The van der Waals surface area contributed by atoms with Gasteiger partial charge < -0.3 is 19.5 Å². The molecule has 2 aromatic heterocycles. The number of nitrogens with one attached hydrogen (secondary N) is 1. The maximum absolute atomic E-state index is 5.77. The van der Waals surface area contributed by atoms with E-state index in [2.05, 4.69) is 77.8 Å². The molecule has 0 spiro atoms. The van der Waals surface area contributed by atoms with Crippen LogP contribution in [-0.2, 0) is 11.2 Å². The molecule has 0 aliphatic carbocycles. The second-order valence-corrected chi connectivity index (χ2v) is 8.80. The lowest BCUT2D eigenvalue weighted by molar-refractivity contribution is 0.164. The first-order valence-corrected chi connectivity index (χ1v) is 11.6. The number of thiocarbonyl (C=S) groups is 1. The molecule has 3 aromatic rings. The van der Waals surface area contributed by atoms with E-state index < -0.39 is 0 Å². The molecule has 0 radical (unpaired) electrons. The Bertz CT molecular complexity index is 1110. The zero-order valence-electron chi connectivity index (χ0n) is 19.6. The van der Waals surface area contributed by atoms with Crippen molar-refractivity contribution in [3.05, 3.63) is 82.4 Å². The monoisotopic (exact) mass is 448 g/mol. The summed E-state index contributed by atoms with van der Waals surface area (Å²) in [6.07, 6.45) is 2.84. The Labute approximate surface area is 196 Å². The minimum atomic E-state index is -0.0166. The number of hydrogen-bond acceptors (Lipinski definition) is 3. The smallest absolute Gasteiger partial charge is 0.170 e. The maximum atomic E-state index is 5.77. The normalized spacial score (nSPS) is 18.3. The number of methoxy groups -OCH3 is 1. The van der Waals surface area contributed by atoms with Crippen molar-refractivity contribution in [3.63, 3.8) is 0 Å². The molecule has 1 fully saturated rings. The summed E-state index contributed by atoms with van der Waals surface area (Å²) >= 11 is 5.77. The summed E-state index contributed by atoms with van der Waals surface area (Å²) in [6.45, 7) is 10.2. The molecule has 1 aliphatic heterocycles. The number of para-hydroxylation sites is 1. The lowest BCUT2D eigenvalue weighted by atomic mass is 9.96. The number of pyridine rings is 1. The van der Waals surface area contributed by atoms with Gasteiger partial charge in [0, 0.05) is 31.2 Å². The Morgan fingerprint density at radius 1 is 1.12 bits per heavy atom. The third-order valence-corrected chi connectivity index (χ3v) is 6.80. The van der Waals surface area contributed by atoms with Gasteiger partial charge in [-0.15, -0.1) is 0 Å². The van der Waals surface area contributed by atoms with Crippen molar-refractivity contribution < 1.29 is 4.74 Å². The molecular formula is C26H32N4OS. The summed E-state index contributed by atoms with van der Waals surface area (Å²) in [5.41, 5.74) is 8.67. The highest BCUT2D eigenvalue weighted by Crippen LogP contribution is 2.41. The molecule has 6 heteroatoms. The Hall–Kier alpha value is -2.70. The van der Waals surface area contributed by atoms with E-state index in [0.29, 0.717) is 6.61 Å². The van der Waals surface area contributed by atoms with Gasteiger partial charge in [0.05, 0.1) is 30.1 Å². The number of benzene rings is 1. The summed E-state index contributed by atoms with van der Waals surface area (Å²) in [7, 11) is 1.73. The average Bonchev–Trinajstić information content (AvgIpc) is 3.27. The van der Waals surface area contributed by atoms with Crippen LogP contribution < -0.4 is 5.32 Å². The van der Waals surface area contributed by atoms with Crippen LogP contribution in [0.3, 0.4) is 0 Å². The summed E-state index contributed by atoms with van der Waals surface area (Å²) < 4.78 is 7.81. The van der Waals surface area contributed by atoms with Gasteiger partial charge >= 0.3 is 0 Å². The van der Waals surface area contributed by atoms with E-state index in [0.717, 1.165) is 23.8 Å². The summed E-state index contributed by atoms with van der Waals surface area (Å²) in [5, 5.41) is 4.29. The van der Waals surface area contributed by atoms with Crippen molar-refractivity contribution in [2.45, 2.75) is 46.2 Å². The first-order valence-electron chi connectivity index (χ1n) is 11.2. The first kappa shape index (κ1) is 22.5. The van der Waals surface area contributed by atoms with Crippen LogP contribution >= 0.6 is 12.2 Å². The van der Waals surface area contributed by atoms with Gasteiger partial charge in [0.15, 0.2) is 5.11 Å². The zero-order valence-corrected chi connectivity index (χ0v) is 20.4. The van der Waals surface area contributed by atoms with Crippen LogP contribution in [0, 0.1) is 20.8 Å². The molecule has 0 saturated carbocycles. The summed E-state index contributed by atoms with van der Waals surface area (Å²) in [4.78, 5) is 6.91. The van der Waals surface area contributed by atoms with Crippen molar-refractivity contribution in [2.75, 3.05) is 20.3 Å². The molecule has 4 rings (SSSR count). The third kappa shape index (κ3) is 3.93. The van der Waals surface area contributed by atoms with Crippen molar-refractivity contribution >= 4 is 17.3 Å². The number of aryl methyl sites for hydroxylation is 3. The number of hydrogen-bond donors (Lipinski definition) is 1. The zero-order chi connectivity index (χ0) is 22.8. The fourth-order valence-electron chi connectivity index (χ4n) is 4.93. The van der Waals surface area contributed by atoms with Crippen molar-refractivity contribution in [1.29, 1.82) is 0 Å². The fraction of sp³-hybridized carbons (Fsp3) is 0.385. The van der Waals surface area contributed by atoms with E-state index in [1.165, 1.54) is 33.8 Å². The van der Waals surface area contributed by atoms with Gasteiger partial charge in [-0.3, -0.25) is 4.98 Å². The molecular weight excluding hydrogens is 416 g/mol. The van der Waals surface area contributed by atoms with Gasteiger partial charge in [-0.1, -0.05) is 31.2 Å². The summed E-state index contributed by atoms with van der Waals surface area (Å²) in [5.74, 6) is 0. The molecule has 1 aromatic carbocycles. The summed E-state index contributed by atoms with van der Waals surface area (Å²) in [6, 6.07) is 15.0. The third-order valence-electron chi connectivity index (χ3n) is 6.45. The minimum absolute atomic E-state index is 0.0166. The predicted octanol–water partition coefficient (Wildman–Crippen LogP) is 4.98. The molecule has 3 heterocycles. The highest BCUT2D eigenvalue weighted by molar-refractivity contribution is 7.80. The lowest BCUT2D eigenvalue weighted by Crippen LogP contribution is -2.32. The van der Waals surface area contributed by atoms with Gasteiger partial charge in [0.2, 0.25) is 0 Å². The highest BCUT2D eigenvalue weighted by atomic mass is 32.1. The van der Waals surface area contributed by atoms with Crippen LogP contribution in [0.1, 0.15) is 52.8 Å². The second-order valence-electron chi connectivity index (χ2n) is 8.41. The maximum Gasteiger partial charge on any atom is 0.170 e. The quantitative estimate of drug-likeness (QED) is 0.517. The predicted molar refractivity (Wildman–Crippen MR) is 133 cm³/mol. The van der Waals surface area contributed by atoms with Crippen LogP contribution in [0.15, 0.2) is 48.7 Å². The van der Waals surface area contributed by atoms with E-state index in [1.54, 1.807) is 7.11 Å². The Kier molecular flexibility index (Phi) is 6.63. The standard InChI is InChI=1S/C26H32N4OS/c1-6-20-11-9-10-17(2)24(20)30-18(3)16-21(19(30)4)25-23(22-12-7-8-13-27-22)28-26(32)29(25)14-15-31-5/h7-13,16,23,25H,6,14-15H2,1-5H3,(H,28,32)/t23-,25-/m1/s1.